The first-order valence-corrected chi connectivity index (χ1v) is 6.68. The fourth-order valence-electron chi connectivity index (χ4n) is 2.13. The number of carbonyl (C=O) groups is 1. The van der Waals surface area contributed by atoms with Gasteiger partial charge in [0.2, 0.25) is 0 Å². The standard InChI is InChI=1S/C12H16N4O2S/c1-12(2)6-16(3-4-18-12)11-7(5-13)8(14)9(19-11)10(15)17/h3-4,6,14H2,1-2H3,(H2,15,17). The first-order valence-electron chi connectivity index (χ1n) is 5.87. The van der Waals surface area contributed by atoms with Crippen molar-refractivity contribution in [3.8, 4) is 6.07 Å². The molecule has 1 amide bonds. The fraction of sp³-hybridized carbons (Fsp3) is 0.500. The topological polar surface area (TPSA) is 105 Å². The number of nitrogens with two attached hydrogens (primary N) is 2. The summed E-state index contributed by atoms with van der Waals surface area (Å²) < 4.78 is 5.63. The highest BCUT2D eigenvalue weighted by atomic mass is 32.1. The van der Waals surface area contributed by atoms with Crippen LogP contribution in [0.2, 0.25) is 0 Å². The van der Waals surface area contributed by atoms with Crippen LogP contribution < -0.4 is 16.4 Å². The van der Waals surface area contributed by atoms with Crippen LogP contribution in [0.4, 0.5) is 10.7 Å². The second kappa shape index (κ2) is 4.72. The molecule has 0 atom stereocenters. The molecule has 1 aromatic rings. The molecule has 19 heavy (non-hydrogen) atoms. The maximum Gasteiger partial charge on any atom is 0.261 e. The molecule has 0 bridgehead atoms. The second-order valence-corrected chi connectivity index (χ2v) is 6.03. The van der Waals surface area contributed by atoms with Gasteiger partial charge in [0.1, 0.15) is 21.5 Å². The van der Waals surface area contributed by atoms with Gasteiger partial charge in [0.05, 0.1) is 17.9 Å². The minimum Gasteiger partial charge on any atom is -0.396 e. The van der Waals surface area contributed by atoms with Crippen molar-refractivity contribution in [1.29, 1.82) is 5.26 Å². The summed E-state index contributed by atoms with van der Waals surface area (Å²) in [6, 6.07) is 2.06. The van der Waals surface area contributed by atoms with Crippen LogP contribution in [0.3, 0.4) is 0 Å². The average molecular weight is 280 g/mol. The first-order chi connectivity index (χ1) is 8.85. The van der Waals surface area contributed by atoms with Crippen LogP contribution >= 0.6 is 11.3 Å². The maximum absolute atomic E-state index is 11.3. The van der Waals surface area contributed by atoms with Gasteiger partial charge in [-0.1, -0.05) is 0 Å². The molecule has 0 aliphatic carbocycles. The van der Waals surface area contributed by atoms with E-state index < -0.39 is 5.91 Å². The number of carbonyl (C=O) groups excluding carboxylic acids is 1. The Morgan fingerprint density at radius 3 is 2.79 bits per heavy atom. The van der Waals surface area contributed by atoms with Crippen molar-refractivity contribution in [2.24, 2.45) is 5.73 Å². The predicted octanol–water partition coefficient (Wildman–Crippen LogP) is 0.916. The Bertz CT molecular complexity index is 559. The maximum atomic E-state index is 11.3. The summed E-state index contributed by atoms with van der Waals surface area (Å²) in [6.07, 6.45) is 0. The summed E-state index contributed by atoms with van der Waals surface area (Å²) in [6.45, 7) is 5.84. The van der Waals surface area contributed by atoms with Crippen LogP contribution in [0, 0.1) is 11.3 Å². The smallest absolute Gasteiger partial charge is 0.261 e. The fourth-order valence-corrected chi connectivity index (χ4v) is 3.18. The van der Waals surface area contributed by atoms with E-state index in [9.17, 15) is 10.1 Å². The highest BCUT2D eigenvalue weighted by molar-refractivity contribution is 7.19. The number of thiophene rings is 1. The zero-order chi connectivity index (χ0) is 14.2. The molecule has 1 aromatic heterocycles. The van der Waals surface area contributed by atoms with Gasteiger partial charge < -0.3 is 21.1 Å². The average Bonchev–Trinajstić information content (AvgIpc) is 2.65. The molecule has 2 heterocycles. The number of nitriles is 1. The third kappa shape index (κ3) is 2.50. The molecule has 1 saturated heterocycles. The van der Waals surface area contributed by atoms with Gasteiger partial charge in [0, 0.05) is 13.1 Å². The van der Waals surface area contributed by atoms with E-state index in [2.05, 4.69) is 6.07 Å². The largest absolute Gasteiger partial charge is 0.396 e. The highest BCUT2D eigenvalue weighted by Crippen LogP contribution is 2.39. The lowest BCUT2D eigenvalue weighted by Gasteiger charge is -2.38. The molecule has 0 unspecified atom stereocenters. The first kappa shape index (κ1) is 13.6. The van der Waals surface area contributed by atoms with Crippen LogP contribution in [-0.2, 0) is 4.74 Å². The van der Waals surface area contributed by atoms with E-state index in [-0.39, 0.29) is 16.2 Å². The number of primary amides is 1. The molecule has 1 fully saturated rings. The number of morpholine rings is 1. The van der Waals surface area contributed by atoms with E-state index in [0.29, 0.717) is 30.3 Å². The van der Waals surface area contributed by atoms with Gasteiger partial charge in [0.15, 0.2) is 0 Å². The zero-order valence-corrected chi connectivity index (χ0v) is 11.7. The molecule has 0 radical (unpaired) electrons. The second-order valence-electron chi connectivity index (χ2n) is 5.03. The summed E-state index contributed by atoms with van der Waals surface area (Å²) in [5.41, 5.74) is 11.3. The Morgan fingerprint density at radius 1 is 1.58 bits per heavy atom. The van der Waals surface area contributed by atoms with Crippen molar-refractivity contribution in [3.63, 3.8) is 0 Å². The van der Waals surface area contributed by atoms with Gasteiger partial charge in [-0.05, 0) is 13.8 Å². The van der Waals surface area contributed by atoms with E-state index in [0.717, 1.165) is 0 Å². The molecule has 4 N–H and O–H groups in total. The Hall–Kier alpha value is -1.78. The monoisotopic (exact) mass is 280 g/mol. The van der Waals surface area contributed by atoms with E-state index in [4.69, 9.17) is 16.2 Å². The van der Waals surface area contributed by atoms with E-state index in [1.807, 2.05) is 18.7 Å². The number of nitrogen functional groups attached to an aromatic ring is 1. The molecule has 7 heteroatoms. The van der Waals surface area contributed by atoms with Crippen molar-refractivity contribution in [2.75, 3.05) is 30.3 Å². The molecular formula is C12H16N4O2S. The Kier molecular flexibility index (Phi) is 3.39. The summed E-state index contributed by atoms with van der Waals surface area (Å²) in [4.78, 5) is 13.6. The predicted molar refractivity (Wildman–Crippen MR) is 74.2 cm³/mol. The van der Waals surface area contributed by atoms with Crippen molar-refractivity contribution in [3.05, 3.63) is 10.4 Å². The van der Waals surface area contributed by atoms with Crippen molar-refractivity contribution < 1.29 is 9.53 Å². The number of nitrogens with zero attached hydrogens (tertiary/aromatic N) is 2. The van der Waals surface area contributed by atoms with Crippen LogP contribution in [-0.4, -0.2) is 31.2 Å². The summed E-state index contributed by atoms with van der Waals surface area (Å²) in [5, 5.41) is 9.92. The van der Waals surface area contributed by atoms with Crippen LogP contribution in [0.5, 0.6) is 0 Å². The molecule has 0 spiro atoms. The van der Waals surface area contributed by atoms with Gasteiger partial charge in [-0.3, -0.25) is 4.79 Å². The summed E-state index contributed by atoms with van der Waals surface area (Å²) in [7, 11) is 0. The lowest BCUT2D eigenvalue weighted by Crippen LogP contribution is -2.48. The van der Waals surface area contributed by atoms with Gasteiger partial charge in [-0.25, -0.2) is 0 Å². The van der Waals surface area contributed by atoms with Crippen LogP contribution in [0.15, 0.2) is 0 Å². The van der Waals surface area contributed by atoms with Crippen molar-refractivity contribution in [1.82, 2.24) is 0 Å². The van der Waals surface area contributed by atoms with Crippen LogP contribution in [0.1, 0.15) is 29.1 Å². The Morgan fingerprint density at radius 2 is 2.26 bits per heavy atom. The number of hydrogen-bond donors (Lipinski definition) is 2. The molecule has 102 valence electrons. The van der Waals surface area contributed by atoms with Gasteiger partial charge in [-0.15, -0.1) is 11.3 Å². The number of amides is 1. The molecule has 6 nitrogen and oxygen atoms in total. The number of rotatable bonds is 2. The minimum atomic E-state index is -0.599. The van der Waals surface area contributed by atoms with Crippen molar-refractivity contribution >= 4 is 27.9 Å². The molecule has 0 saturated carbocycles. The highest BCUT2D eigenvalue weighted by Gasteiger charge is 2.31. The van der Waals surface area contributed by atoms with Gasteiger partial charge in [0.25, 0.3) is 5.91 Å². The zero-order valence-electron chi connectivity index (χ0n) is 10.9. The van der Waals surface area contributed by atoms with Crippen molar-refractivity contribution in [2.45, 2.75) is 19.4 Å². The van der Waals surface area contributed by atoms with E-state index >= 15 is 0 Å². The quantitative estimate of drug-likeness (QED) is 0.837. The molecule has 1 aliphatic heterocycles. The SMILES string of the molecule is CC1(C)CN(c2sc(C(N)=O)c(N)c2C#N)CCO1. The third-order valence-electron chi connectivity index (χ3n) is 2.98. The van der Waals surface area contributed by atoms with E-state index in [1.165, 1.54) is 11.3 Å². The number of ether oxygens (including phenoxy) is 1. The Balaban J connectivity index is 2.42. The van der Waals surface area contributed by atoms with Gasteiger partial charge >= 0.3 is 0 Å². The normalized spacial score (nSPS) is 18.1. The molecule has 2 rings (SSSR count). The van der Waals surface area contributed by atoms with Gasteiger partial charge in [-0.2, -0.15) is 5.26 Å². The summed E-state index contributed by atoms with van der Waals surface area (Å²) >= 11 is 1.17. The Labute approximate surface area is 115 Å². The summed E-state index contributed by atoms with van der Waals surface area (Å²) in [5.74, 6) is -0.599. The third-order valence-corrected chi connectivity index (χ3v) is 4.26. The minimum absolute atomic E-state index is 0.180. The lowest BCUT2D eigenvalue weighted by molar-refractivity contribution is -0.0275. The number of hydrogen-bond acceptors (Lipinski definition) is 6. The molecule has 1 aliphatic rings. The molecule has 0 aromatic carbocycles. The number of anilines is 2. The molecular weight excluding hydrogens is 264 g/mol. The lowest BCUT2D eigenvalue weighted by atomic mass is 10.1. The van der Waals surface area contributed by atoms with Crippen LogP contribution in [0.25, 0.3) is 0 Å². The van der Waals surface area contributed by atoms with E-state index in [1.54, 1.807) is 0 Å².